The third kappa shape index (κ3) is 3.79. The third-order valence-corrected chi connectivity index (χ3v) is 11.2. The molecule has 1 fully saturated rings. The number of esters is 1. The summed E-state index contributed by atoms with van der Waals surface area (Å²) in [7, 11) is 0. The number of ether oxygens (including phenoxy) is 1. The van der Waals surface area contributed by atoms with E-state index in [1.54, 1.807) is 13.8 Å². The predicted molar refractivity (Wildman–Crippen MR) is 158 cm³/mol. The van der Waals surface area contributed by atoms with Gasteiger partial charge in [-0.3, -0.25) is 29.4 Å². The molecule has 0 radical (unpaired) electrons. The molecule has 1 saturated heterocycles. The molecule has 0 N–H and O–H groups in total. The number of non-ortho nitro benzene ring substituents is 1. The number of imide groups is 1. The molecule has 2 amide bonds. The van der Waals surface area contributed by atoms with E-state index in [4.69, 9.17) is 4.74 Å². The van der Waals surface area contributed by atoms with Crippen LogP contribution in [0.4, 0.5) is 5.69 Å². The summed E-state index contributed by atoms with van der Waals surface area (Å²) in [6.45, 7) is 2.77. The van der Waals surface area contributed by atoms with Gasteiger partial charge in [-0.2, -0.15) is 0 Å². The fraction of sp³-hybridized carbons (Fsp3) is 0.290. The molecule has 214 valence electrons. The molecule has 1 heterocycles. The van der Waals surface area contributed by atoms with Crippen LogP contribution in [-0.2, 0) is 27.8 Å². The van der Waals surface area contributed by atoms with Crippen LogP contribution in [0.3, 0.4) is 0 Å². The zero-order valence-electron chi connectivity index (χ0n) is 22.5. The summed E-state index contributed by atoms with van der Waals surface area (Å²) in [5.74, 6) is -4.64. The lowest BCUT2D eigenvalue weighted by Crippen LogP contribution is -2.56. The zero-order chi connectivity index (χ0) is 30.1. The maximum absolute atomic E-state index is 14.3. The highest BCUT2D eigenvalue weighted by atomic mass is 79.9. The van der Waals surface area contributed by atoms with Crippen LogP contribution in [0.25, 0.3) is 0 Å². The van der Waals surface area contributed by atoms with Gasteiger partial charge in [0.1, 0.15) is 6.04 Å². The molecular weight excluding hydrogens is 672 g/mol. The van der Waals surface area contributed by atoms with Crippen LogP contribution in [0.5, 0.6) is 0 Å². The van der Waals surface area contributed by atoms with Crippen LogP contribution in [0.15, 0.2) is 72.8 Å². The summed E-state index contributed by atoms with van der Waals surface area (Å²) < 4.78 is 3.37. The van der Waals surface area contributed by atoms with Crippen LogP contribution in [0.1, 0.15) is 46.5 Å². The first kappa shape index (κ1) is 28.4. The van der Waals surface area contributed by atoms with E-state index < -0.39 is 67.5 Å². The lowest BCUT2D eigenvalue weighted by molar-refractivity contribution is -0.384. The number of hydrogen-bond acceptors (Lipinski definition) is 7. The maximum atomic E-state index is 14.3. The lowest BCUT2D eigenvalue weighted by Gasteiger charge is -2.55. The van der Waals surface area contributed by atoms with Crippen molar-refractivity contribution in [3.63, 3.8) is 0 Å². The molecule has 0 unspecified atom stereocenters. The van der Waals surface area contributed by atoms with Gasteiger partial charge in [0.25, 0.3) is 5.69 Å². The van der Waals surface area contributed by atoms with Crippen molar-refractivity contribution in [2.24, 2.45) is 17.8 Å². The van der Waals surface area contributed by atoms with E-state index in [2.05, 4.69) is 31.9 Å². The van der Waals surface area contributed by atoms with E-state index in [9.17, 15) is 29.3 Å². The minimum absolute atomic E-state index is 0.128. The summed E-state index contributed by atoms with van der Waals surface area (Å²) in [5, 5.41) is 10.9. The summed E-state index contributed by atoms with van der Waals surface area (Å²) in [6.07, 6.45) is 0. The number of benzene rings is 3. The Balaban J connectivity index is 1.33. The number of nitro benzene ring substituents is 1. The van der Waals surface area contributed by atoms with Crippen LogP contribution in [0, 0.1) is 27.9 Å². The van der Waals surface area contributed by atoms with E-state index in [1.165, 1.54) is 24.3 Å². The first-order chi connectivity index (χ1) is 19.9. The second-order valence-corrected chi connectivity index (χ2v) is 13.5. The van der Waals surface area contributed by atoms with Gasteiger partial charge in [0.15, 0.2) is 12.4 Å². The Morgan fingerprint density at radius 3 is 1.67 bits per heavy atom. The molecule has 0 saturated carbocycles. The normalized spacial score (nSPS) is 26.0. The number of likely N-dealkylation sites (tertiary alicyclic amines) is 1. The van der Waals surface area contributed by atoms with Crippen LogP contribution >= 0.6 is 31.9 Å². The fourth-order valence-electron chi connectivity index (χ4n) is 6.71. The van der Waals surface area contributed by atoms with Crippen LogP contribution < -0.4 is 0 Å². The first-order valence-electron chi connectivity index (χ1n) is 13.3. The number of carbonyl (C=O) groups excluding carboxylic acids is 4. The predicted octanol–water partition coefficient (Wildman–Crippen LogP) is 5.25. The number of ketones is 1. The zero-order valence-corrected chi connectivity index (χ0v) is 25.6. The van der Waals surface area contributed by atoms with Gasteiger partial charge >= 0.3 is 5.97 Å². The Bertz CT molecular complexity index is 1560. The highest BCUT2D eigenvalue weighted by molar-refractivity contribution is 9.10. The smallest absolute Gasteiger partial charge is 0.330 e. The molecule has 7 rings (SSSR count). The Morgan fingerprint density at radius 1 is 0.857 bits per heavy atom. The number of hydrogen-bond donors (Lipinski definition) is 0. The first-order valence-corrected chi connectivity index (χ1v) is 14.9. The minimum Gasteiger partial charge on any atom is -0.456 e. The monoisotopic (exact) mass is 694 g/mol. The molecule has 4 aliphatic rings. The molecule has 2 bridgehead atoms. The van der Waals surface area contributed by atoms with Crippen LogP contribution in [0.2, 0.25) is 0 Å². The Labute approximate surface area is 257 Å². The second kappa shape index (κ2) is 9.95. The number of Topliss-reactive ketones (excluding diaryl/α,β-unsaturated/α-hetero) is 1. The molecule has 3 aliphatic carbocycles. The van der Waals surface area contributed by atoms with Gasteiger partial charge in [-0.15, -0.1) is 0 Å². The van der Waals surface area contributed by atoms with Crippen LogP contribution in [-0.4, -0.2) is 46.0 Å². The molecule has 11 heteroatoms. The Kier molecular flexibility index (Phi) is 6.73. The molecular formula is C31H24Br2N2O7. The van der Waals surface area contributed by atoms with Crippen molar-refractivity contribution in [3.05, 3.63) is 111 Å². The maximum Gasteiger partial charge on any atom is 0.330 e. The Morgan fingerprint density at radius 2 is 1.29 bits per heavy atom. The van der Waals surface area contributed by atoms with Crippen molar-refractivity contribution in [1.82, 2.24) is 4.90 Å². The highest BCUT2D eigenvalue weighted by Gasteiger charge is 2.73. The van der Waals surface area contributed by atoms with Crippen molar-refractivity contribution in [3.8, 4) is 0 Å². The van der Waals surface area contributed by atoms with E-state index in [1.807, 2.05) is 48.5 Å². The molecule has 42 heavy (non-hydrogen) atoms. The summed E-state index contributed by atoms with van der Waals surface area (Å²) in [6, 6.07) is 19.0. The van der Waals surface area contributed by atoms with E-state index in [-0.39, 0.29) is 11.3 Å². The van der Waals surface area contributed by atoms with Gasteiger partial charge in [-0.1, -0.05) is 94.2 Å². The van der Waals surface area contributed by atoms with E-state index >= 15 is 0 Å². The summed E-state index contributed by atoms with van der Waals surface area (Å²) in [4.78, 5) is 66.2. The molecule has 0 aromatic heterocycles. The summed E-state index contributed by atoms with van der Waals surface area (Å²) in [5.41, 5.74) is 3.46. The molecule has 3 atom stereocenters. The molecule has 3 aromatic rings. The number of carbonyl (C=O) groups is 4. The topological polar surface area (TPSA) is 124 Å². The number of rotatable bonds is 7. The summed E-state index contributed by atoms with van der Waals surface area (Å²) >= 11 is 7.89. The third-order valence-electron chi connectivity index (χ3n) is 8.52. The van der Waals surface area contributed by atoms with Gasteiger partial charge in [0.05, 0.1) is 25.4 Å². The molecule has 3 aromatic carbocycles. The average molecular weight is 696 g/mol. The quantitative estimate of drug-likeness (QED) is 0.0826. The molecule has 1 aliphatic heterocycles. The van der Waals surface area contributed by atoms with E-state index in [0.29, 0.717) is 0 Å². The van der Waals surface area contributed by atoms with Crippen molar-refractivity contribution < 1.29 is 28.8 Å². The number of nitrogens with zero attached hydrogens (tertiary/aromatic N) is 2. The van der Waals surface area contributed by atoms with Gasteiger partial charge in [-0.05, 0) is 40.3 Å². The van der Waals surface area contributed by atoms with Crippen molar-refractivity contribution >= 4 is 61.1 Å². The molecule has 9 nitrogen and oxygen atoms in total. The Hall–Kier alpha value is -3.70. The highest BCUT2D eigenvalue weighted by Crippen LogP contribution is 2.70. The lowest BCUT2D eigenvalue weighted by atomic mass is 9.54. The number of halogens is 2. The van der Waals surface area contributed by atoms with Gasteiger partial charge < -0.3 is 4.74 Å². The molecule has 0 spiro atoms. The number of nitro groups is 1. The number of amides is 2. The number of alkyl halides is 2. The van der Waals surface area contributed by atoms with Crippen molar-refractivity contribution in [1.29, 1.82) is 0 Å². The van der Waals surface area contributed by atoms with Crippen molar-refractivity contribution in [2.45, 2.75) is 28.5 Å². The van der Waals surface area contributed by atoms with Crippen molar-refractivity contribution in [2.75, 3.05) is 6.61 Å². The van der Waals surface area contributed by atoms with E-state index in [0.717, 1.165) is 27.2 Å². The van der Waals surface area contributed by atoms with Gasteiger partial charge in [-0.25, -0.2) is 4.79 Å². The SMILES string of the molecule is CC(C)[C@H](C(=O)OCC(=O)c1ccc([N+](=O)[O-])cc1)N1C(=O)[C@@H]2[C@H](C1=O)C1(Br)c3ccccc3C2(Br)c2ccccc21. The fourth-order valence-corrected chi connectivity index (χ4v) is 9.02. The second-order valence-electron chi connectivity index (χ2n) is 11.0. The average Bonchev–Trinajstić information content (AvgIpc) is 3.25. The standard InChI is InChI=1S/C31H24Br2N2O7/c1-16(2)26(29(39)42-15-23(36)17-11-13-18(14-12-17)35(40)41)34-27(37)24-25(28(34)38)31(33)20-8-4-3-7-19(20)30(24,32)21-9-5-6-10-22(21)31/h3-14,16,24-26H,15H2,1-2H3/t24-,25+,26-,30?,31?/m1/s1. The van der Waals surface area contributed by atoms with Gasteiger partial charge in [0, 0.05) is 17.7 Å². The minimum atomic E-state index is -1.27. The largest absolute Gasteiger partial charge is 0.456 e. The van der Waals surface area contributed by atoms with Gasteiger partial charge in [0.2, 0.25) is 11.8 Å².